The van der Waals surface area contributed by atoms with Crippen molar-refractivity contribution in [2.24, 2.45) is 0 Å². The molecule has 1 N–H and O–H groups in total. The minimum absolute atomic E-state index is 0.104. The summed E-state index contributed by atoms with van der Waals surface area (Å²) < 4.78 is 10.9. The number of hydrogen-bond donors (Lipinski definition) is 1. The van der Waals surface area contributed by atoms with Gasteiger partial charge in [0.25, 0.3) is 5.91 Å². The fourth-order valence-electron chi connectivity index (χ4n) is 4.19. The van der Waals surface area contributed by atoms with Crippen molar-refractivity contribution < 1.29 is 14.3 Å². The highest BCUT2D eigenvalue weighted by atomic mass is 16.5. The molecular weight excluding hydrogens is 368 g/mol. The number of methoxy groups -OCH3 is 2. The number of benzene rings is 1. The topological polar surface area (TPSA) is 76.6 Å². The van der Waals surface area contributed by atoms with Crippen LogP contribution < -0.4 is 19.7 Å². The number of nitrogens with one attached hydrogen (secondary N) is 1. The summed E-state index contributed by atoms with van der Waals surface area (Å²) in [6.45, 7) is 3.36. The minimum atomic E-state index is -0.104. The Hall–Kier alpha value is -2.83. The molecule has 1 amide bonds. The van der Waals surface area contributed by atoms with E-state index < -0.39 is 0 Å². The van der Waals surface area contributed by atoms with Gasteiger partial charge in [-0.05, 0) is 55.5 Å². The maximum atomic E-state index is 12.7. The highest BCUT2D eigenvalue weighted by Gasteiger charge is 2.24. The van der Waals surface area contributed by atoms with Crippen molar-refractivity contribution >= 4 is 11.9 Å². The van der Waals surface area contributed by atoms with Gasteiger partial charge < -0.3 is 19.7 Å². The molecule has 154 valence electrons. The van der Waals surface area contributed by atoms with E-state index in [4.69, 9.17) is 9.47 Å². The monoisotopic (exact) mass is 396 g/mol. The van der Waals surface area contributed by atoms with Crippen LogP contribution in [0.25, 0.3) is 0 Å². The van der Waals surface area contributed by atoms with Crippen LogP contribution in [0.15, 0.2) is 18.2 Å². The molecule has 1 aliphatic carbocycles. The van der Waals surface area contributed by atoms with Crippen LogP contribution in [0.3, 0.4) is 0 Å². The number of carbonyl (C=O) groups excluding carboxylic acids is 1. The summed E-state index contributed by atoms with van der Waals surface area (Å²) in [6, 6.07) is 6.09. The van der Waals surface area contributed by atoms with E-state index in [1.54, 1.807) is 20.3 Å². The second kappa shape index (κ2) is 8.27. The molecule has 0 spiro atoms. The largest absolute Gasteiger partial charge is 0.493 e. The average molecular weight is 396 g/mol. The van der Waals surface area contributed by atoms with Crippen LogP contribution in [0, 0.1) is 6.92 Å². The lowest BCUT2D eigenvalue weighted by molar-refractivity contribution is 0.0932. The lowest BCUT2D eigenvalue weighted by Crippen LogP contribution is -2.35. The molecule has 0 unspecified atom stereocenters. The average Bonchev–Trinajstić information content (AvgIpc) is 3.24. The van der Waals surface area contributed by atoms with E-state index in [1.807, 2.05) is 19.1 Å². The molecule has 0 radical (unpaired) electrons. The summed E-state index contributed by atoms with van der Waals surface area (Å²) in [5.74, 6) is 1.96. The van der Waals surface area contributed by atoms with Crippen LogP contribution in [0.4, 0.5) is 5.95 Å². The van der Waals surface area contributed by atoms with Gasteiger partial charge in [-0.1, -0.05) is 12.8 Å². The number of fused-ring (bicyclic) bond motifs is 1. The molecule has 4 rings (SSSR count). The molecule has 1 aliphatic heterocycles. The van der Waals surface area contributed by atoms with Gasteiger partial charge >= 0.3 is 0 Å². The molecule has 29 heavy (non-hydrogen) atoms. The summed E-state index contributed by atoms with van der Waals surface area (Å²) in [5, 5.41) is 3.12. The Labute approximate surface area is 171 Å². The zero-order chi connectivity index (χ0) is 20.4. The molecule has 2 aliphatic rings. The molecule has 0 bridgehead atoms. The standard InChI is InChI=1S/C22H28N4O3/c1-14-10-18(21(27)24-17-6-4-5-7-17)25-22(23-14)26-9-8-15-11-19(28-2)20(29-3)12-16(15)13-26/h10-12,17H,4-9,13H2,1-3H3,(H,24,27). The van der Waals surface area contributed by atoms with E-state index in [1.165, 1.54) is 18.4 Å². The lowest BCUT2D eigenvalue weighted by atomic mass is 9.99. The highest BCUT2D eigenvalue weighted by Crippen LogP contribution is 2.34. The van der Waals surface area contributed by atoms with Gasteiger partial charge in [0, 0.05) is 24.8 Å². The number of carbonyl (C=O) groups is 1. The SMILES string of the molecule is COc1cc2c(cc1OC)CN(c1nc(C)cc(C(=O)NC3CCCC3)n1)CC2. The van der Waals surface area contributed by atoms with Gasteiger partial charge in [0.15, 0.2) is 11.5 Å². The third kappa shape index (κ3) is 4.13. The van der Waals surface area contributed by atoms with Crippen molar-refractivity contribution in [2.75, 3.05) is 25.7 Å². The quantitative estimate of drug-likeness (QED) is 0.837. The summed E-state index contributed by atoms with van der Waals surface area (Å²) in [6.07, 6.45) is 5.32. The Morgan fingerprint density at radius 1 is 1.07 bits per heavy atom. The van der Waals surface area contributed by atoms with E-state index >= 15 is 0 Å². The zero-order valence-electron chi connectivity index (χ0n) is 17.3. The van der Waals surface area contributed by atoms with Crippen LogP contribution in [-0.4, -0.2) is 42.7 Å². The van der Waals surface area contributed by atoms with Crippen LogP contribution in [0.5, 0.6) is 11.5 Å². The van der Waals surface area contributed by atoms with Gasteiger partial charge in [-0.2, -0.15) is 0 Å². The highest BCUT2D eigenvalue weighted by molar-refractivity contribution is 5.92. The zero-order valence-corrected chi connectivity index (χ0v) is 17.3. The summed E-state index contributed by atoms with van der Waals surface area (Å²) in [7, 11) is 3.29. The van der Waals surface area contributed by atoms with Gasteiger partial charge in [0.05, 0.1) is 14.2 Å². The number of nitrogens with zero attached hydrogens (tertiary/aromatic N) is 3. The molecule has 1 fully saturated rings. The molecule has 1 aromatic heterocycles. The van der Waals surface area contributed by atoms with E-state index in [0.29, 0.717) is 18.2 Å². The van der Waals surface area contributed by atoms with Crippen molar-refractivity contribution in [1.82, 2.24) is 15.3 Å². The van der Waals surface area contributed by atoms with Gasteiger partial charge in [-0.15, -0.1) is 0 Å². The van der Waals surface area contributed by atoms with Gasteiger partial charge in [0.2, 0.25) is 5.95 Å². The van der Waals surface area contributed by atoms with E-state index in [-0.39, 0.29) is 11.9 Å². The van der Waals surface area contributed by atoms with E-state index in [2.05, 4.69) is 20.2 Å². The first-order valence-corrected chi connectivity index (χ1v) is 10.2. The Kier molecular flexibility index (Phi) is 5.56. The summed E-state index contributed by atoms with van der Waals surface area (Å²) in [4.78, 5) is 24.0. The van der Waals surface area contributed by atoms with Crippen molar-refractivity contribution in [1.29, 1.82) is 0 Å². The summed E-state index contributed by atoms with van der Waals surface area (Å²) >= 11 is 0. The van der Waals surface area contributed by atoms with Crippen LogP contribution in [0.2, 0.25) is 0 Å². The molecule has 1 saturated carbocycles. The van der Waals surface area contributed by atoms with E-state index in [9.17, 15) is 4.79 Å². The van der Waals surface area contributed by atoms with Gasteiger partial charge in [-0.3, -0.25) is 4.79 Å². The van der Waals surface area contributed by atoms with Crippen molar-refractivity contribution in [3.05, 3.63) is 40.7 Å². The molecule has 7 heteroatoms. The maximum Gasteiger partial charge on any atom is 0.270 e. The fraction of sp³-hybridized carbons (Fsp3) is 0.500. The predicted octanol–water partition coefficient (Wildman–Crippen LogP) is 3.04. The predicted molar refractivity (Wildman–Crippen MR) is 111 cm³/mol. The van der Waals surface area contributed by atoms with E-state index in [0.717, 1.165) is 48.6 Å². The molecule has 1 aromatic carbocycles. The second-order valence-electron chi connectivity index (χ2n) is 7.80. The van der Waals surface area contributed by atoms with Crippen molar-refractivity contribution in [2.45, 2.75) is 51.6 Å². The molecule has 7 nitrogen and oxygen atoms in total. The first-order valence-electron chi connectivity index (χ1n) is 10.2. The second-order valence-corrected chi connectivity index (χ2v) is 7.80. The number of anilines is 1. The summed E-state index contributed by atoms with van der Waals surface area (Å²) in [5.41, 5.74) is 3.64. The maximum absolute atomic E-state index is 12.7. The Morgan fingerprint density at radius 3 is 2.45 bits per heavy atom. The Balaban J connectivity index is 1.56. The number of aromatic nitrogens is 2. The minimum Gasteiger partial charge on any atom is -0.493 e. The van der Waals surface area contributed by atoms with Gasteiger partial charge in [0.1, 0.15) is 5.69 Å². The number of amides is 1. The Morgan fingerprint density at radius 2 is 1.76 bits per heavy atom. The molecule has 2 heterocycles. The number of ether oxygens (including phenoxy) is 2. The van der Waals surface area contributed by atoms with Crippen molar-refractivity contribution in [3.8, 4) is 11.5 Å². The number of hydrogen-bond acceptors (Lipinski definition) is 6. The smallest absolute Gasteiger partial charge is 0.270 e. The third-order valence-electron chi connectivity index (χ3n) is 5.77. The first kappa shape index (κ1) is 19.5. The number of rotatable bonds is 5. The van der Waals surface area contributed by atoms with Crippen LogP contribution in [0.1, 0.15) is 53.0 Å². The number of aryl methyl sites for hydroxylation is 1. The fourth-order valence-corrected chi connectivity index (χ4v) is 4.19. The molecular formula is C22H28N4O3. The van der Waals surface area contributed by atoms with Gasteiger partial charge in [-0.25, -0.2) is 9.97 Å². The molecule has 2 aromatic rings. The molecule has 0 atom stereocenters. The third-order valence-corrected chi connectivity index (χ3v) is 5.77. The van der Waals surface area contributed by atoms with Crippen LogP contribution >= 0.6 is 0 Å². The first-order chi connectivity index (χ1) is 14.1. The van der Waals surface area contributed by atoms with Crippen molar-refractivity contribution in [3.63, 3.8) is 0 Å². The molecule has 0 saturated heterocycles. The Bertz CT molecular complexity index is 909. The normalized spacial score (nSPS) is 16.4. The van der Waals surface area contributed by atoms with Crippen LogP contribution in [-0.2, 0) is 13.0 Å². The lowest BCUT2D eigenvalue weighted by Gasteiger charge is -2.30.